The van der Waals surface area contributed by atoms with E-state index < -0.39 is 24.9 Å². The molecule has 1 aromatic carbocycles. The van der Waals surface area contributed by atoms with Crippen molar-refractivity contribution in [1.29, 1.82) is 0 Å². The van der Waals surface area contributed by atoms with Gasteiger partial charge in [0.05, 0.1) is 29.5 Å². The Labute approximate surface area is 216 Å². The maximum atomic E-state index is 15.1. The molecule has 0 bridgehead atoms. The first-order valence-electron chi connectivity index (χ1n) is 12.1. The lowest BCUT2D eigenvalue weighted by Gasteiger charge is -2.34. The number of nitrogens with zero attached hydrogens (tertiary/aromatic N) is 7. The van der Waals surface area contributed by atoms with Gasteiger partial charge in [0.15, 0.2) is 0 Å². The monoisotopic (exact) mass is 525 g/mol. The number of halogens is 3. The molecule has 0 radical (unpaired) electrons. The number of hydrogen-bond acceptors (Lipinski definition) is 6. The zero-order valence-electron chi connectivity index (χ0n) is 20.8. The molecule has 4 heterocycles. The molecule has 1 aliphatic heterocycles. The van der Waals surface area contributed by atoms with Gasteiger partial charge in [0.2, 0.25) is 5.91 Å². The maximum absolute atomic E-state index is 15.1. The Hall–Kier alpha value is -4.22. The molecule has 9 nitrogen and oxygen atoms in total. The van der Waals surface area contributed by atoms with Crippen LogP contribution in [0.4, 0.5) is 13.2 Å². The van der Waals surface area contributed by atoms with Crippen molar-refractivity contribution in [3.63, 3.8) is 0 Å². The van der Waals surface area contributed by atoms with Crippen LogP contribution in [-0.2, 0) is 4.79 Å². The molecular formula is C26H26F3N7O2. The molecule has 4 aromatic rings. The molecule has 5 rings (SSSR count). The number of pyridine rings is 1. The van der Waals surface area contributed by atoms with Gasteiger partial charge in [0.25, 0.3) is 0 Å². The smallest absolute Gasteiger partial charge is 0.320 e. The van der Waals surface area contributed by atoms with Crippen molar-refractivity contribution in [3.05, 3.63) is 66.9 Å². The van der Waals surface area contributed by atoms with Crippen molar-refractivity contribution in [1.82, 2.24) is 34.4 Å². The van der Waals surface area contributed by atoms with Crippen LogP contribution in [0.3, 0.4) is 0 Å². The molecule has 0 spiro atoms. The van der Waals surface area contributed by atoms with Crippen LogP contribution in [0.1, 0.15) is 43.4 Å². The molecule has 0 N–H and O–H groups in total. The molecule has 3 atom stereocenters. The summed E-state index contributed by atoms with van der Waals surface area (Å²) >= 11 is 0. The highest BCUT2D eigenvalue weighted by Crippen LogP contribution is 2.37. The van der Waals surface area contributed by atoms with E-state index in [4.69, 9.17) is 4.74 Å². The Balaban J connectivity index is 1.51. The second-order valence-electron chi connectivity index (χ2n) is 9.11. The van der Waals surface area contributed by atoms with Gasteiger partial charge in [-0.25, -0.2) is 14.1 Å². The lowest BCUT2D eigenvalue weighted by Crippen LogP contribution is -2.45. The third-order valence-corrected chi connectivity index (χ3v) is 6.76. The molecule has 1 saturated heterocycles. The lowest BCUT2D eigenvalue weighted by molar-refractivity contribution is -0.128. The minimum atomic E-state index is -2.82. The van der Waals surface area contributed by atoms with Crippen molar-refractivity contribution in [2.75, 3.05) is 13.1 Å². The van der Waals surface area contributed by atoms with Crippen molar-refractivity contribution >= 4 is 16.9 Å². The summed E-state index contributed by atoms with van der Waals surface area (Å²) in [6.07, 6.45) is 2.34. The van der Waals surface area contributed by atoms with Crippen molar-refractivity contribution in [2.45, 2.75) is 45.1 Å². The summed E-state index contributed by atoms with van der Waals surface area (Å²) in [7, 11) is 0. The third kappa shape index (κ3) is 4.61. The van der Waals surface area contributed by atoms with Gasteiger partial charge in [-0.1, -0.05) is 17.9 Å². The zero-order chi connectivity index (χ0) is 27.0. The van der Waals surface area contributed by atoms with Gasteiger partial charge in [0.1, 0.15) is 35.6 Å². The molecule has 198 valence electrons. The number of amides is 1. The van der Waals surface area contributed by atoms with Crippen LogP contribution in [0.5, 0.6) is 5.75 Å². The number of carbonyl (C=O) groups is 1. The molecule has 12 heteroatoms. The van der Waals surface area contributed by atoms with Crippen molar-refractivity contribution < 1.29 is 22.7 Å². The first-order chi connectivity index (χ1) is 18.3. The highest BCUT2D eigenvalue weighted by molar-refractivity contribution is 5.88. The summed E-state index contributed by atoms with van der Waals surface area (Å²) in [6, 6.07) is 8.01. The molecule has 1 aliphatic rings. The Morgan fingerprint density at radius 1 is 1.26 bits per heavy atom. The van der Waals surface area contributed by atoms with E-state index in [1.807, 2.05) is 6.07 Å². The fraction of sp³-hybridized carbons (Fsp3) is 0.346. The standard InChI is InChI=1S/C26H26F3N7O2/c1-4-23(37)34-10-8-21(18(27)13-34)36-15(2)24(32-33-36)17-11-20-25(35(14-31-20)26(28)29)22(12-17)38-16(3)19-7-5-6-9-30-19/h4-7,9,11-12,14,16,18,21,26H,1,8,10,13H2,2-3H3/t16-,18?,21?/m1/s1. The van der Waals surface area contributed by atoms with E-state index in [0.717, 1.165) is 10.9 Å². The van der Waals surface area contributed by atoms with Gasteiger partial charge in [-0.05, 0) is 50.6 Å². The number of imidazole rings is 1. The molecule has 0 saturated carbocycles. The number of aromatic nitrogens is 6. The molecule has 38 heavy (non-hydrogen) atoms. The Bertz CT molecular complexity index is 1470. The van der Waals surface area contributed by atoms with E-state index in [9.17, 15) is 13.6 Å². The van der Waals surface area contributed by atoms with E-state index in [2.05, 4.69) is 26.9 Å². The molecule has 0 aliphatic carbocycles. The predicted molar refractivity (Wildman–Crippen MR) is 133 cm³/mol. The second-order valence-corrected chi connectivity index (χ2v) is 9.11. The van der Waals surface area contributed by atoms with E-state index in [0.29, 0.717) is 41.1 Å². The fourth-order valence-electron chi connectivity index (χ4n) is 4.79. The molecule has 2 unspecified atom stereocenters. The van der Waals surface area contributed by atoms with Gasteiger partial charge in [-0.2, -0.15) is 8.78 Å². The number of alkyl halides is 3. The third-order valence-electron chi connectivity index (χ3n) is 6.76. The maximum Gasteiger partial charge on any atom is 0.320 e. The van der Waals surface area contributed by atoms with Gasteiger partial charge in [-0.15, -0.1) is 5.10 Å². The molecule has 1 fully saturated rings. The van der Waals surface area contributed by atoms with Crippen LogP contribution in [0, 0.1) is 6.92 Å². The van der Waals surface area contributed by atoms with Crippen LogP contribution in [-0.4, -0.2) is 59.6 Å². The van der Waals surface area contributed by atoms with Gasteiger partial charge >= 0.3 is 6.55 Å². The van der Waals surface area contributed by atoms with Crippen molar-refractivity contribution in [2.24, 2.45) is 0 Å². The minimum absolute atomic E-state index is 0.0649. The quantitative estimate of drug-likeness (QED) is 0.321. The van der Waals surface area contributed by atoms with Crippen molar-refractivity contribution in [3.8, 4) is 17.0 Å². The number of rotatable bonds is 7. The Kier molecular flexibility index (Phi) is 6.87. The topological polar surface area (TPSA) is 91.0 Å². The minimum Gasteiger partial charge on any atom is -0.482 e. The summed E-state index contributed by atoms with van der Waals surface area (Å²) in [5.74, 6) is -0.131. The number of benzene rings is 1. The normalized spacial score (nSPS) is 18.6. The summed E-state index contributed by atoms with van der Waals surface area (Å²) < 4.78 is 51.0. The molecular weight excluding hydrogens is 499 g/mol. The van der Waals surface area contributed by atoms with Gasteiger partial charge < -0.3 is 9.64 Å². The van der Waals surface area contributed by atoms with Gasteiger partial charge in [-0.3, -0.25) is 14.3 Å². The highest BCUT2D eigenvalue weighted by atomic mass is 19.3. The highest BCUT2D eigenvalue weighted by Gasteiger charge is 2.34. The van der Waals surface area contributed by atoms with Gasteiger partial charge in [0, 0.05) is 18.3 Å². The van der Waals surface area contributed by atoms with E-state index in [1.54, 1.807) is 44.3 Å². The number of hydrogen-bond donors (Lipinski definition) is 0. The number of likely N-dealkylation sites (tertiary alicyclic amines) is 1. The summed E-state index contributed by atoms with van der Waals surface area (Å²) in [5.41, 5.74) is 2.65. The van der Waals surface area contributed by atoms with E-state index in [1.165, 1.54) is 15.7 Å². The molecule has 1 amide bonds. The summed E-state index contributed by atoms with van der Waals surface area (Å²) in [5, 5.41) is 8.51. The lowest BCUT2D eigenvalue weighted by atomic mass is 10.0. The number of ether oxygens (including phenoxy) is 1. The number of fused-ring (bicyclic) bond motifs is 1. The first-order valence-corrected chi connectivity index (χ1v) is 12.1. The largest absolute Gasteiger partial charge is 0.482 e. The zero-order valence-corrected chi connectivity index (χ0v) is 20.8. The fourth-order valence-corrected chi connectivity index (χ4v) is 4.79. The number of piperidine rings is 1. The average molecular weight is 526 g/mol. The SMILES string of the molecule is C=CC(=O)N1CCC(n2nnc(-c3cc(O[C@H](C)c4ccccn4)c4c(c3)ncn4C(F)F)c2C)C(F)C1. The van der Waals surface area contributed by atoms with Crippen LogP contribution in [0.25, 0.3) is 22.3 Å². The number of carbonyl (C=O) groups excluding carboxylic acids is 1. The Morgan fingerprint density at radius 2 is 2.08 bits per heavy atom. The Morgan fingerprint density at radius 3 is 2.76 bits per heavy atom. The van der Waals surface area contributed by atoms with E-state index >= 15 is 4.39 Å². The van der Waals surface area contributed by atoms with Crippen LogP contribution >= 0.6 is 0 Å². The second kappa shape index (κ2) is 10.3. The summed E-state index contributed by atoms with van der Waals surface area (Å²) in [4.78, 5) is 21.8. The predicted octanol–water partition coefficient (Wildman–Crippen LogP) is 4.83. The summed E-state index contributed by atoms with van der Waals surface area (Å²) in [6.45, 7) is 4.48. The molecule has 3 aromatic heterocycles. The first kappa shape index (κ1) is 25.4. The van der Waals surface area contributed by atoms with Crippen LogP contribution < -0.4 is 4.74 Å². The van der Waals surface area contributed by atoms with Crippen LogP contribution in [0.2, 0.25) is 0 Å². The van der Waals surface area contributed by atoms with E-state index in [-0.39, 0.29) is 23.7 Å². The van der Waals surface area contributed by atoms with Crippen LogP contribution in [0.15, 0.2) is 55.5 Å². The average Bonchev–Trinajstić information content (AvgIpc) is 3.52.